The van der Waals surface area contributed by atoms with Crippen molar-refractivity contribution in [1.29, 1.82) is 0 Å². The Hall–Kier alpha value is -2.64. The van der Waals surface area contributed by atoms with E-state index in [0.29, 0.717) is 22.3 Å². The molecule has 1 saturated heterocycles. The predicted molar refractivity (Wildman–Crippen MR) is 104 cm³/mol. The minimum Gasteiger partial charge on any atom is -0.459 e. The summed E-state index contributed by atoms with van der Waals surface area (Å²) < 4.78 is 39.0. The number of benzene rings is 1. The highest BCUT2D eigenvalue weighted by Gasteiger charge is 2.41. The Morgan fingerprint density at radius 2 is 1.97 bits per heavy atom. The summed E-state index contributed by atoms with van der Waals surface area (Å²) in [5.74, 6) is -1.28. The van der Waals surface area contributed by atoms with Gasteiger partial charge in [-0.25, -0.2) is 13.6 Å². The standard InChI is InChI=1S/C21H26F2N2O4/c1-11-15-8-14(22)6-7-16(15)28-18(11)12(2)24-19(26)17(23)13-9-25(10-13)20(27)29-21(3,4)5/h6-8,12-13,17H,9-10H2,1-5H3,(H,24,26)/t12-,17+/m0/s1. The predicted octanol–water partition coefficient (Wildman–Crippen LogP) is 4.26. The number of nitrogens with zero attached hydrogens (tertiary/aromatic N) is 1. The first-order valence-corrected chi connectivity index (χ1v) is 9.57. The highest BCUT2D eigenvalue weighted by Crippen LogP contribution is 2.30. The van der Waals surface area contributed by atoms with Crippen LogP contribution in [0.15, 0.2) is 22.6 Å². The van der Waals surface area contributed by atoms with E-state index in [-0.39, 0.29) is 18.9 Å². The van der Waals surface area contributed by atoms with Crippen LogP contribution in [0.1, 0.15) is 45.1 Å². The number of aryl methyl sites for hydroxylation is 1. The fourth-order valence-corrected chi connectivity index (χ4v) is 3.37. The highest BCUT2D eigenvalue weighted by molar-refractivity contribution is 5.84. The van der Waals surface area contributed by atoms with E-state index in [1.54, 1.807) is 34.6 Å². The Balaban J connectivity index is 1.58. The van der Waals surface area contributed by atoms with Crippen LogP contribution in [0.2, 0.25) is 0 Å². The summed E-state index contributed by atoms with van der Waals surface area (Å²) in [6.07, 6.45) is -2.27. The summed E-state index contributed by atoms with van der Waals surface area (Å²) >= 11 is 0. The third-order valence-corrected chi connectivity index (χ3v) is 4.91. The molecule has 1 aliphatic rings. The molecule has 1 N–H and O–H groups in total. The number of rotatable bonds is 4. The Labute approximate surface area is 168 Å². The summed E-state index contributed by atoms with van der Waals surface area (Å²) in [6, 6.07) is 3.60. The van der Waals surface area contributed by atoms with Gasteiger partial charge in [0.2, 0.25) is 0 Å². The number of hydrogen-bond donors (Lipinski definition) is 1. The summed E-state index contributed by atoms with van der Waals surface area (Å²) in [6.45, 7) is 8.96. The van der Waals surface area contributed by atoms with E-state index >= 15 is 0 Å². The smallest absolute Gasteiger partial charge is 0.410 e. The van der Waals surface area contributed by atoms with Gasteiger partial charge in [0, 0.05) is 30.0 Å². The number of amides is 2. The van der Waals surface area contributed by atoms with Crippen molar-refractivity contribution in [2.75, 3.05) is 13.1 Å². The number of nitrogens with one attached hydrogen (secondary N) is 1. The van der Waals surface area contributed by atoms with Crippen LogP contribution in [0, 0.1) is 18.7 Å². The first-order chi connectivity index (χ1) is 13.5. The van der Waals surface area contributed by atoms with Gasteiger partial charge in [-0.3, -0.25) is 4.79 Å². The number of likely N-dealkylation sites (tertiary alicyclic amines) is 1. The summed E-state index contributed by atoms with van der Waals surface area (Å²) in [5.41, 5.74) is 0.573. The molecule has 0 unspecified atom stereocenters. The zero-order valence-electron chi connectivity index (χ0n) is 17.2. The molecular weight excluding hydrogens is 382 g/mol. The van der Waals surface area contributed by atoms with Crippen LogP contribution < -0.4 is 5.32 Å². The summed E-state index contributed by atoms with van der Waals surface area (Å²) in [4.78, 5) is 25.6. The zero-order chi connectivity index (χ0) is 21.5. The van der Waals surface area contributed by atoms with Crippen LogP contribution in [-0.2, 0) is 9.53 Å². The number of ether oxygens (including phenoxy) is 1. The maximum atomic E-state index is 14.6. The summed E-state index contributed by atoms with van der Waals surface area (Å²) in [7, 11) is 0. The maximum Gasteiger partial charge on any atom is 0.410 e. The lowest BCUT2D eigenvalue weighted by atomic mass is 9.94. The van der Waals surface area contributed by atoms with Gasteiger partial charge in [0.05, 0.1) is 6.04 Å². The van der Waals surface area contributed by atoms with E-state index in [1.165, 1.54) is 23.1 Å². The lowest BCUT2D eigenvalue weighted by Crippen LogP contribution is -2.57. The van der Waals surface area contributed by atoms with E-state index in [9.17, 15) is 18.4 Å². The van der Waals surface area contributed by atoms with Crippen molar-refractivity contribution < 1.29 is 27.5 Å². The molecule has 158 valence electrons. The molecule has 8 heteroatoms. The van der Waals surface area contributed by atoms with Crippen molar-refractivity contribution in [2.24, 2.45) is 5.92 Å². The van der Waals surface area contributed by atoms with Crippen molar-refractivity contribution in [3.05, 3.63) is 35.3 Å². The van der Waals surface area contributed by atoms with Crippen molar-refractivity contribution >= 4 is 23.0 Å². The van der Waals surface area contributed by atoms with Crippen LogP contribution >= 0.6 is 0 Å². The Bertz CT molecular complexity index is 929. The minimum absolute atomic E-state index is 0.126. The summed E-state index contributed by atoms with van der Waals surface area (Å²) in [5, 5.41) is 3.22. The Kier molecular flexibility index (Phi) is 5.56. The second-order valence-electron chi connectivity index (χ2n) is 8.51. The highest BCUT2D eigenvalue weighted by atomic mass is 19.1. The van der Waals surface area contributed by atoms with E-state index in [2.05, 4.69) is 5.32 Å². The first-order valence-electron chi connectivity index (χ1n) is 9.57. The van der Waals surface area contributed by atoms with Gasteiger partial charge >= 0.3 is 6.09 Å². The number of furan rings is 1. The first kappa shape index (κ1) is 21.1. The van der Waals surface area contributed by atoms with E-state index in [4.69, 9.17) is 9.15 Å². The Morgan fingerprint density at radius 1 is 1.31 bits per heavy atom. The SMILES string of the molecule is Cc1c([C@H](C)NC(=O)[C@H](F)C2CN(C(=O)OC(C)(C)C)C2)oc2ccc(F)cc12. The molecule has 3 rings (SSSR count). The van der Waals surface area contributed by atoms with Gasteiger partial charge in [0.1, 0.15) is 22.8 Å². The fraction of sp³-hybridized carbons (Fsp3) is 0.524. The molecule has 1 aromatic heterocycles. The number of carbonyl (C=O) groups is 2. The normalized spacial score (nSPS) is 17.0. The zero-order valence-corrected chi connectivity index (χ0v) is 17.2. The average molecular weight is 408 g/mol. The lowest BCUT2D eigenvalue weighted by Gasteiger charge is -2.40. The Morgan fingerprint density at radius 3 is 2.59 bits per heavy atom. The van der Waals surface area contributed by atoms with Crippen molar-refractivity contribution in [3.63, 3.8) is 0 Å². The molecule has 29 heavy (non-hydrogen) atoms. The van der Waals surface area contributed by atoms with Crippen LogP contribution in [-0.4, -0.2) is 41.8 Å². The van der Waals surface area contributed by atoms with Gasteiger partial charge in [-0.1, -0.05) is 0 Å². The molecule has 1 aliphatic heterocycles. The lowest BCUT2D eigenvalue weighted by molar-refractivity contribution is -0.131. The van der Waals surface area contributed by atoms with Gasteiger partial charge < -0.3 is 19.4 Å². The topological polar surface area (TPSA) is 71.8 Å². The van der Waals surface area contributed by atoms with Gasteiger partial charge in [-0.15, -0.1) is 0 Å². The third-order valence-electron chi connectivity index (χ3n) is 4.91. The second kappa shape index (κ2) is 7.65. The number of carbonyl (C=O) groups excluding carboxylic acids is 2. The molecule has 2 heterocycles. The quantitative estimate of drug-likeness (QED) is 0.821. The van der Waals surface area contributed by atoms with E-state index in [0.717, 1.165) is 0 Å². The van der Waals surface area contributed by atoms with Crippen molar-refractivity contribution in [1.82, 2.24) is 10.2 Å². The maximum absolute atomic E-state index is 14.6. The fourth-order valence-electron chi connectivity index (χ4n) is 3.37. The molecule has 0 bridgehead atoms. The van der Waals surface area contributed by atoms with Gasteiger partial charge in [0.15, 0.2) is 6.17 Å². The molecule has 0 spiro atoms. The number of hydrogen-bond acceptors (Lipinski definition) is 4. The minimum atomic E-state index is -1.75. The van der Waals surface area contributed by atoms with E-state index in [1.807, 2.05) is 0 Å². The molecule has 1 fully saturated rings. The average Bonchev–Trinajstić information content (AvgIpc) is 2.88. The molecule has 2 amide bonds. The molecule has 1 aromatic carbocycles. The molecule has 0 radical (unpaired) electrons. The molecule has 2 aromatic rings. The number of fused-ring (bicyclic) bond motifs is 1. The second-order valence-corrected chi connectivity index (χ2v) is 8.51. The van der Waals surface area contributed by atoms with Crippen LogP contribution in [0.4, 0.5) is 13.6 Å². The molecule has 0 saturated carbocycles. The van der Waals surface area contributed by atoms with E-state index < -0.39 is 35.7 Å². The molecule has 0 aliphatic carbocycles. The largest absolute Gasteiger partial charge is 0.459 e. The van der Waals surface area contributed by atoms with Gasteiger partial charge in [-0.2, -0.15) is 0 Å². The molecule has 6 nitrogen and oxygen atoms in total. The molecule has 2 atom stereocenters. The number of halogens is 2. The van der Waals surface area contributed by atoms with Gasteiger partial charge in [-0.05, 0) is 52.8 Å². The van der Waals surface area contributed by atoms with Crippen LogP contribution in [0.25, 0.3) is 11.0 Å². The third kappa shape index (κ3) is 4.52. The van der Waals surface area contributed by atoms with Crippen LogP contribution in [0.3, 0.4) is 0 Å². The molecular formula is C21H26F2N2O4. The monoisotopic (exact) mass is 408 g/mol. The van der Waals surface area contributed by atoms with Crippen molar-refractivity contribution in [3.8, 4) is 0 Å². The van der Waals surface area contributed by atoms with Crippen LogP contribution in [0.5, 0.6) is 0 Å². The number of alkyl halides is 1. The van der Waals surface area contributed by atoms with Gasteiger partial charge in [0.25, 0.3) is 5.91 Å². The van der Waals surface area contributed by atoms with Crippen molar-refractivity contribution in [2.45, 2.75) is 52.4 Å².